The molecule has 0 unspecified atom stereocenters. The lowest BCUT2D eigenvalue weighted by Crippen LogP contribution is -2.36. The number of anilines is 1. The van der Waals surface area contributed by atoms with Crippen LogP contribution in [0.15, 0.2) is 84.1 Å². The lowest BCUT2D eigenvalue weighted by molar-refractivity contribution is 0.0977. The fourth-order valence-electron chi connectivity index (χ4n) is 2.31. The Bertz CT molecular complexity index is 875. The number of carbonyl (C=O) groups is 1. The standard InChI is InChI=1S/C21H20N4O/c1-16-7-9-19(10-8-16)24-21(23-15-17-11-13-22-14-12-17)25-20(26)18-5-3-2-4-6-18/h2-14H,15H2,1H3,(H2,23,24,25,26). The number of aliphatic imine (C=N–C) groups is 1. The first-order valence-corrected chi connectivity index (χ1v) is 8.34. The van der Waals surface area contributed by atoms with E-state index in [9.17, 15) is 4.79 Å². The molecule has 5 nitrogen and oxygen atoms in total. The van der Waals surface area contributed by atoms with Gasteiger partial charge in [0.2, 0.25) is 5.96 Å². The van der Waals surface area contributed by atoms with Crippen molar-refractivity contribution in [2.45, 2.75) is 13.5 Å². The Labute approximate surface area is 152 Å². The Kier molecular flexibility index (Phi) is 5.72. The van der Waals surface area contributed by atoms with Crippen LogP contribution in [0.5, 0.6) is 0 Å². The maximum Gasteiger partial charge on any atom is 0.257 e. The van der Waals surface area contributed by atoms with Gasteiger partial charge in [0, 0.05) is 23.6 Å². The molecule has 0 bridgehead atoms. The van der Waals surface area contributed by atoms with Gasteiger partial charge in [-0.2, -0.15) is 0 Å². The van der Waals surface area contributed by atoms with Crippen LogP contribution in [0, 0.1) is 6.92 Å². The van der Waals surface area contributed by atoms with Crippen molar-refractivity contribution in [2.24, 2.45) is 4.99 Å². The highest BCUT2D eigenvalue weighted by molar-refractivity contribution is 6.09. The Morgan fingerprint density at radius 2 is 1.65 bits per heavy atom. The van der Waals surface area contributed by atoms with Crippen molar-refractivity contribution in [3.05, 3.63) is 95.8 Å². The van der Waals surface area contributed by atoms with E-state index in [0.717, 1.165) is 11.3 Å². The maximum atomic E-state index is 12.5. The SMILES string of the molecule is Cc1ccc(NC(=NCc2ccncc2)NC(=O)c2ccccc2)cc1. The number of benzene rings is 2. The van der Waals surface area contributed by atoms with Crippen molar-refractivity contribution in [1.29, 1.82) is 0 Å². The minimum atomic E-state index is -0.210. The summed E-state index contributed by atoms with van der Waals surface area (Å²) in [6.07, 6.45) is 3.45. The van der Waals surface area contributed by atoms with Crippen molar-refractivity contribution in [1.82, 2.24) is 10.3 Å². The van der Waals surface area contributed by atoms with Gasteiger partial charge in [0.05, 0.1) is 6.54 Å². The van der Waals surface area contributed by atoms with Gasteiger partial charge in [0.1, 0.15) is 0 Å². The van der Waals surface area contributed by atoms with Crippen LogP contribution in [-0.2, 0) is 6.54 Å². The summed E-state index contributed by atoms with van der Waals surface area (Å²) in [5.41, 5.74) is 3.61. The van der Waals surface area contributed by atoms with E-state index in [2.05, 4.69) is 20.6 Å². The quantitative estimate of drug-likeness (QED) is 0.559. The van der Waals surface area contributed by atoms with E-state index in [1.165, 1.54) is 5.56 Å². The van der Waals surface area contributed by atoms with Crippen molar-refractivity contribution < 1.29 is 4.79 Å². The molecular weight excluding hydrogens is 324 g/mol. The molecule has 0 radical (unpaired) electrons. The predicted octanol–water partition coefficient (Wildman–Crippen LogP) is 3.79. The molecule has 0 spiro atoms. The van der Waals surface area contributed by atoms with E-state index in [0.29, 0.717) is 18.1 Å². The average Bonchev–Trinajstić information content (AvgIpc) is 2.69. The third-order valence-corrected chi connectivity index (χ3v) is 3.75. The zero-order valence-corrected chi connectivity index (χ0v) is 14.5. The number of rotatable bonds is 4. The van der Waals surface area contributed by atoms with Gasteiger partial charge in [-0.25, -0.2) is 4.99 Å². The van der Waals surface area contributed by atoms with Gasteiger partial charge in [-0.15, -0.1) is 0 Å². The molecule has 0 atom stereocenters. The minimum absolute atomic E-state index is 0.210. The first-order chi connectivity index (χ1) is 12.7. The summed E-state index contributed by atoms with van der Waals surface area (Å²) in [6, 6.07) is 20.8. The molecular formula is C21H20N4O. The van der Waals surface area contributed by atoms with Gasteiger partial charge in [-0.05, 0) is 48.9 Å². The van der Waals surface area contributed by atoms with Crippen molar-refractivity contribution in [2.75, 3.05) is 5.32 Å². The van der Waals surface area contributed by atoms with E-state index >= 15 is 0 Å². The molecule has 0 aliphatic heterocycles. The molecule has 0 saturated carbocycles. The van der Waals surface area contributed by atoms with E-state index in [4.69, 9.17) is 0 Å². The van der Waals surface area contributed by atoms with Gasteiger partial charge >= 0.3 is 0 Å². The monoisotopic (exact) mass is 344 g/mol. The van der Waals surface area contributed by atoms with Crippen LogP contribution >= 0.6 is 0 Å². The highest BCUT2D eigenvalue weighted by atomic mass is 16.1. The van der Waals surface area contributed by atoms with E-state index in [1.54, 1.807) is 24.5 Å². The van der Waals surface area contributed by atoms with Crippen molar-refractivity contribution >= 4 is 17.6 Å². The van der Waals surface area contributed by atoms with Crippen LogP contribution in [-0.4, -0.2) is 16.9 Å². The number of nitrogens with one attached hydrogen (secondary N) is 2. The fraction of sp³-hybridized carbons (Fsp3) is 0.0952. The molecule has 3 rings (SSSR count). The Hall–Kier alpha value is -3.47. The van der Waals surface area contributed by atoms with E-state index in [1.807, 2.05) is 61.5 Å². The van der Waals surface area contributed by atoms with Crippen LogP contribution in [0.25, 0.3) is 0 Å². The molecule has 0 aliphatic rings. The van der Waals surface area contributed by atoms with Gasteiger partial charge in [0.15, 0.2) is 0 Å². The summed E-state index contributed by atoms with van der Waals surface area (Å²) in [6.45, 7) is 2.46. The van der Waals surface area contributed by atoms with Crippen LogP contribution < -0.4 is 10.6 Å². The van der Waals surface area contributed by atoms with Crippen molar-refractivity contribution in [3.63, 3.8) is 0 Å². The zero-order valence-electron chi connectivity index (χ0n) is 14.5. The molecule has 130 valence electrons. The van der Waals surface area contributed by atoms with Crippen LogP contribution in [0.1, 0.15) is 21.5 Å². The number of guanidine groups is 1. The molecule has 1 amide bonds. The summed E-state index contributed by atoms with van der Waals surface area (Å²) in [7, 11) is 0. The Morgan fingerprint density at radius 1 is 0.962 bits per heavy atom. The zero-order chi connectivity index (χ0) is 18.2. The highest BCUT2D eigenvalue weighted by Gasteiger charge is 2.09. The molecule has 1 aromatic heterocycles. The average molecular weight is 344 g/mol. The molecule has 0 saturated heterocycles. The largest absolute Gasteiger partial charge is 0.326 e. The summed E-state index contributed by atoms with van der Waals surface area (Å²) >= 11 is 0. The van der Waals surface area contributed by atoms with Gasteiger partial charge in [-0.3, -0.25) is 15.1 Å². The lowest BCUT2D eigenvalue weighted by atomic mass is 10.2. The molecule has 1 heterocycles. The van der Waals surface area contributed by atoms with Gasteiger partial charge in [-0.1, -0.05) is 35.9 Å². The normalized spacial score (nSPS) is 11.0. The number of aryl methyl sites for hydroxylation is 1. The van der Waals surface area contributed by atoms with Gasteiger partial charge in [0.25, 0.3) is 5.91 Å². The van der Waals surface area contributed by atoms with Crippen LogP contribution in [0.3, 0.4) is 0 Å². The third-order valence-electron chi connectivity index (χ3n) is 3.75. The third kappa shape index (κ3) is 5.01. The lowest BCUT2D eigenvalue weighted by Gasteiger charge is -2.12. The highest BCUT2D eigenvalue weighted by Crippen LogP contribution is 2.09. The summed E-state index contributed by atoms with van der Waals surface area (Å²) in [5.74, 6) is 0.193. The predicted molar refractivity (Wildman–Crippen MR) is 104 cm³/mol. The fourth-order valence-corrected chi connectivity index (χ4v) is 2.31. The number of nitrogens with zero attached hydrogens (tertiary/aromatic N) is 2. The molecule has 0 fully saturated rings. The summed E-state index contributed by atoms with van der Waals surface area (Å²) in [4.78, 5) is 21.0. The Balaban J connectivity index is 1.78. The number of amides is 1. The number of pyridine rings is 1. The van der Waals surface area contributed by atoms with E-state index < -0.39 is 0 Å². The minimum Gasteiger partial charge on any atom is -0.326 e. The number of hydrogen-bond donors (Lipinski definition) is 2. The smallest absolute Gasteiger partial charge is 0.257 e. The molecule has 26 heavy (non-hydrogen) atoms. The van der Waals surface area contributed by atoms with Crippen molar-refractivity contribution in [3.8, 4) is 0 Å². The second-order valence-electron chi connectivity index (χ2n) is 5.83. The summed E-state index contributed by atoms with van der Waals surface area (Å²) in [5, 5.41) is 6.03. The number of hydrogen-bond acceptors (Lipinski definition) is 3. The van der Waals surface area contributed by atoms with Gasteiger partial charge < -0.3 is 5.32 Å². The van der Waals surface area contributed by atoms with Crippen LogP contribution in [0.4, 0.5) is 5.69 Å². The topological polar surface area (TPSA) is 66.4 Å². The number of carbonyl (C=O) groups excluding carboxylic acids is 1. The second kappa shape index (κ2) is 8.58. The molecule has 2 aromatic carbocycles. The molecule has 2 N–H and O–H groups in total. The van der Waals surface area contributed by atoms with Crippen LogP contribution in [0.2, 0.25) is 0 Å². The van der Waals surface area contributed by atoms with E-state index in [-0.39, 0.29) is 5.91 Å². The Morgan fingerprint density at radius 3 is 2.35 bits per heavy atom. The number of aromatic nitrogens is 1. The first kappa shape index (κ1) is 17.4. The maximum absolute atomic E-state index is 12.5. The molecule has 3 aromatic rings. The first-order valence-electron chi connectivity index (χ1n) is 8.34. The second-order valence-corrected chi connectivity index (χ2v) is 5.83. The molecule has 5 heteroatoms. The summed E-state index contributed by atoms with van der Waals surface area (Å²) < 4.78 is 0. The molecule has 0 aliphatic carbocycles.